The minimum Gasteiger partial charge on any atom is -0.461 e. The van der Waals surface area contributed by atoms with Crippen LogP contribution in [0.5, 0.6) is 6.01 Å². The first-order valence-electron chi connectivity index (χ1n) is 15.2. The number of ether oxygens (including phenoxy) is 1. The van der Waals surface area contributed by atoms with Crippen LogP contribution in [0.4, 0.5) is 24.8 Å². The van der Waals surface area contributed by atoms with Gasteiger partial charge in [0.05, 0.1) is 19.2 Å². The molecule has 0 amide bonds. The van der Waals surface area contributed by atoms with Crippen LogP contribution >= 0.6 is 0 Å². The number of benzene rings is 1. The van der Waals surface area contributed by atoms with Gasteiger partial charge in [-0.3, -0.25) is 9.88 Å². The average Bonchev–Trinajstić information content (AvgIpc) is 3.55. The van der Waals surface area contributed by atoms with E-state index in [1.165, 1.54) is 24.4 Å². The highest BCUT2D eigenvalue weighted by atomic mass is 19.1. The normalized spacial score (nSPS) is 23.6. The molecular weight excluding hydrogens is 543 g/mol. The Hall–Kier alpha value is -4.17. The lowest BCUT2D eigenvalue weighted by molar-refractivity contribution is 0.107. The molecule has 3 saturated heterocycles. The molecule has 3 aromatic heterocycles. The Bertz CT molecular complexity index is 1850. The number of fused-ring (bicyclic) bond motifs is 3. The second-order valence-corrected chi connectivity index (χ2v) is 11.2. The van der Waals surface area contributed by atoms with Gasteiger partial charge in [0.15, 0.2) is 5.82 Å². The number of terminal acetylenes is 1. The largest absolute Gasteiger partial charge is 0.461 e. The van der Waals surface area contributed by atoms with Crippen molar-refractivity contribution in [1.82, 2.24) is 24.8 Å². The van der Waals surface area contributed by atoms with Crippen molar-refractivity contribution in [1.29, 1.82) is 0 Å². The molecule has 3 aliphatic heterocycles. The summed E-state index contributed by atoms with van der Waals surface area (Å²) in [7, 11) is 0. The zero-order valence-corrected chi connectivity index (χ0v) is 22.8. The van der Waals surface area contributed by atoms with Crippen molar-refractivity contribution in [2.24, 2.45) is 0 Å². The van der Waals surface area contributed by atoms with E-state index in [0.717, 1.165) is 19.3 Å². The van der Waals surface area contributed by atoms with Crippen LogP contribution in [-0.2, 0) is 0 Å². The molecule has 0 radical (unpaired) electrons. The van der Waals surface area contributed by atoms with E-state index in [1.807, 2.05) is 4.90 Å². The van der Waals surface area contributed by atoms with E-state index >= 15 is 4.39 Å². The minimum atomic E-state index is -2.37. The lowest BCUT2D eigenvalue weighted by atomic mass is 9.95. The number of hydrogen-bond donors (Lipinski definition) is 1. The predicted molar refractivity (Wildman–Crippen MR) is 155 cm³/mol. The van der Waals surface area contributed by atoms with Gasteiger partial charge in [0.25, 0.3) is 0 Å². The number of piperidine rings is 1. The first-order valence-corrected chi connectivity index (χ1v) is 14.2. The van der Waals surface area contributed by atoms with Gasteiger partial charge in [-0.05, 0) is 56.2 Å². The second kappa shape index (κ2) is 10.3. The molecule has 7 rings (SSSR count). The highest BCUT2D eigenvalue weighted by Crippen LogP contribution is 2.41. The van der Waals surface area contributed by atoms with Crippen molar-refractivity contribution in [3.05, 3.63) is 41.6 Å². The predicted octanol–water partition coefficient (Wildman–Crippen LogP) is 5.03. The quantitative estimate of drug-likeness (QED) is 0.332. The molecule has 1 aromatic carbocycles. The summed E-state index contributed by atoms with van der Waals surface area (Å²) in [6.07, 6.45) is 9.81. The van der Waals surface area contributed by atoms with Crippen molar-refractivity contribution in [3.63, 3.8) is 0 Å². The van der Waals surface area contributed by atoms with E-state index in [1.54, 1.807) is 4.90 Å². The van der Waals surface area contributed by atoms with Gasteiger partial charge < -0.3 is 15.4 Å². The molecule has 0 aliphatic carbocycles. The monoisotopic (exact) mass is 575 g/mol. The maximum absolute atomic E-state index is 16.7. The molecule has 2 atom stereocenters. The molecule has 11 heteroatoms. The van der Waals surface area contributed by atoms with Crippen LogP contribution in [0.15, 0.2) is 24.4 Å². The molecule has 3 aliphatic rings. The fraction of sp³-hybridized carbons (Fsp3) is 0.419. The van der Waals surface area contributed by atoms with E-state index in [9.17, 15) is 8.78 Å². The number of rotatable bonds is 5. The van der Waals surface area contributed by atoms with E-state index in [2.05, 4.69) is 25.9 Å². The second-order valence-electron chi connectivity index (χ2n) is 11.2. The smallest absolute Gasteiger partial charge is 0.319 e. The first-order chi connectivity index (χ1) is 21.1. The number of alkyl halides is 1. The zero-order chi connectivity index (χ0) is 30.8. The number of hydrogen-bond acceptors (Lipinski definition) is 8. The SMILES string of the molecule is [2H]C([2H])(Oc1nc(N2CCCCC2)c2cnc(-c3nc(N)cc4ccc(F)c(C#C)c34)c(F)c2n1)[C@@]12CCCN1C[C@H](F)C2. The molecule has 4 aromatic rings. The molecule has 0 spiro atoms. The van der Waals surface area contributed by atoms with Gasteiger partial charge in [0.2, 0.25) is 0 Å². The third-order valence-electron chi connectivity index (χ3n) is 8.57. The summed E-state index contributed by atoms with van der Waals surface area (Å²) in [4.78, 5) is 21.4. The number of pyridine rings is 2. The maximum Gasteiger partial charge on any atom is 0.319 e. The van der Waals surface area contributed by atoms with Crippen LogP contribution in [-0.4, -0.2) is 69.3 Å². The molecule has 216 valence electrons. The molecule has 42 heavy (non-hydrogen) atoms. The van der Waals surface area contributed by atoms with Gasteiger partial charge >= 0.3 is 6.01 Å². The van der Waals surface area contributed by atoms with Crippen molar-refractivity contribution < 1.29 is 20.6 Å². The summed E-state index contributed by atoms with van der Waals surface area (Å²) >= 11 is 0. The number of nitrogen functional groups attached to an aromatic ring is 1. The highest BCUT2D eigenvalue weighted by molar-refractivity contribution is 6.01. The summed E-state index contributed by atoms with van der Waals surface area (Å²) in [6.45, 7) is -0.379. The van der Waals surface area contributed by atoms with Crippen molar-refractivity contribution in [2.75, 3.05) is 43.4 Å². The fourth-order valence-corrected chi connectivity index (χ4v) is 6.64. The fourth-order valence-electron chi connectivity index (χ4n) is 6.64. The number of halogens is 3. The standard InChI is InChI=1S/C31H30F3N7O/c1-2-20-22(33)8-7-18-13-23(35)37-27(24(18)20)28-25(34)26-21(15-36-28)29(40-10-4-3-5-11-40)39-30(38-26)42-17-31-9-6-12-41(31)16-19(32)14-31/h1,7-8,13,15,19H,3-6,9-12,14,16-17H2,(H2,35,37)/t19-,31+/m1/s1/i17D2. The minimum absolute atomic E-state index is 0.0166. The van der Waals surface area contributed by atoms with E-state index in [4.69, 9.17) is 19.6 Å². The third-order valence-corrected chi connectivity index (χ3v) is 8.57. The summed E-state index contributed by atoms with van der Waals surface area (Å²) in [5.41, 5.74) is 4.27. The molecule has 0 unspecified atom stereocenters. The van der Waals surface area contributed by atoms with Crippen LogP contribution < -0.4 is 15.4 Å². The summed E-state index contributed by atoms with van der Waals surface area (Å²) in [5, 5.41) is 0.927. The third kappa shape index (κ3) is 4.36. The van der Waals surface area contributed by atoms with E-state index in [0.29, 0.717) is 49.1 Å². The summed E-state index contributed by atoms with van der Waals surface area (Å²) in [6, 6.07) is 3.83. The topological polar surface area (TPSA) is 93.3 Å². The molecular formula is C31H30F3N7O. The number of anilines is 2. The number of nitrogens with zero attached hydrogens (tertiary/aromatic N) is 6. The maximum atomic E-state index is 16.7. The molecule has 2 N–H and O–H groups in total. The lowest BCUT2D eigenvalue weighted by Gasteiger charge is -2.31. The van der Waals surface area contributed by atoms with E-state index in [-0.39, 0.29) is 52.6 Å². The zero-order valence-electron chi connectivity index (χ0n) is 24.8. The van der Waals surface area contributed by atoms with Crippen molar-refractivity contribution >= 4 is 33.3 Å². The highest BCUT2D eigenvalue weighted by Gasteiger charge is 2.49. The lowest BCUT2D eigenvalue weighted by Crippen LogP contribution is -2.43. The Morgan fingerprint density at radius 2 is 1.95 bits per heavy atom. The molecule has 8 nitrogen and oxygen atoms in total. The summed E-state index contributed by atoms with van der Waals surface area (Å²) < 4.78 is 69.8. The Labute approximate surface area is 243 Å². The Morgan fingerprint density at radius 1 is 1.12 bits per heavy atom. The number of aromatic nitrogens is 4. The Balaban J connectivity index is 1.42. The first kappa shape index (κ1) is 24.4. The van der Waals surface area contributed by atoms with Gasteiger partial charge in [-0.2, -0.15) is 9.97 Å². The Kier molecular flexibility index (Phi) is 5.98. The van der Waals surface area contributed by atoms with Gasteiger partial charge in [0.1, 0.15) is 47.1 Å². The Morgan fingerprint density at radius 3 is 2.76 bits per heavy atom. The molecule has 0 saturated carbocycles. The van der Waals surface area contributed by atoms with Gasteiger partial charge in [-0.1, -0.05) is 12.0 Å². The molecule has 3 fully saturated rings. The number of nitrogens with two attached hydrogens (primary N) is 1. The van der Waals surface area contributed by atoms with Crippen LogP contribution in [0.1, 0.15) is 46.8 Å². The van der Waals surface area contributed by atoms with Crippen molar-refractivity contribution in [2.45, 2.75) is 50.2 Å². The average molecular weight is 576 g/mol. The van der Waals surface area contributed by atoms with E-state index < -0.39 is 29.9 Å². The molecule has 0 bridgehead atoms. The molecule has 6 heterocycles. The van der Waals surface area contributed by atoms with Gasteiger partial charge in [-0.15, -0.1) is 6.42 Å². The van der Waals surface area contributed by atoms with Crippen LogP contribution in [0.2, 0.25) is 0 Å². The van der Waals surface area contributed by atoms with Gasteiger partial charge in [-0.25, -0.2) is 18.2 Å². The summed E-state index contributed by atoms with van der Waals surface area (Å²) in [5.74, 6) is 1.17. The van der Waals surface area contributed by atoms with Crippen molar-refractivity contribution in [3.8, 4) is 29.7 Å². The van der Waals surface area contributed by atoms with Crippen LogP contribution in [0.3, 0.4) is 0 Å². The van der Waals surface area contributed by atoms with Gasteiger partial charge in [0, 0.05) is 37.6 Å². The van der Waals surface area contributed by atoms with Crippen LogP contribution in [0, 0.1) is 24.0 Å². The van der Waals surface area contributed by atoms with Crippen LogP contribution in [0.25, 0.3) is 33.1 Å².